The van der Waals surface area contributed by atoms with Crippen LogP contribution in [0.15, 0.2) is 96.4 Å². The Labute approximate surface area is 202 Å². The summed E-state index contributed by atoms with van der Waals surface area (Å²) in [6.07, 6.45) is 0. The van der Waals surface area contributed by atoms with E-state index in [-0.39, 0.29) is 5.88 Å². The SMILES string of the molecule is CCOc1cccc(C2C(C#N)=C(N)Oc3cc(OC(=O)c4cccc5ccccc45)ccc32)c1. The quantitative estimate of drug-likeness (QED) is 0.303. The molecule has 0 aromatic heterocycles. The van der Waals surface area contributed by atoms with Crippen LogP contribution >= 0.6 is 0 Å². The van der Waals surface area contributed by atoms with Crippen LogP contribution in [0.1, 0.15) is 34.3 Å². The fourth-order valence-electron chi connectivity index (χ4n) is 4.36. The molecule has 6 nitrogen and oxygen atoms in total. The zero-order valence-electron chi connectivity index (χ0n) is 19.0. The number of rotatable bonds is 5. The van der Waals surface area contributed by atoms with Crippen molar-refractivity contribution in [3.63, 3.8) is 0 Å². The van der Waals surface area contributed by atoms with Gasteiger partial charge in [-0.3, -0.25) is 0 Å². The summed E-state index contributed by atoms with van der Waals surface area (Å²) in [5.41, 5.74) is 8.50. The molecule has 2 N–H and O–H groups in total. The lowest BCUT2D eigenvalue weighted by Crippen LogP contribution is -2.21. The van der Waals surface area contributed by atoms with Gasteiger partial charge in [0, 0.05) is 11.6 Å². The highest BCUT2D eigenvalue weighted by Crippen LogP contribution is 2.44. The van der Waals surface area contributed by atoms with Gasteiger partial charge in [-0.1, -0.05) is 54.6 Å². The maximum atomic E-state index is 13.0. The molecular weight excluding hydrogens is 440 g/mol. The summed E-state index contributed by atoms with van der Waals surface area (Å²) >= 11 is 0. The molecule has 0 spiro atoms. The van der Waals surface area contributed by atoms with E-state index in [4.69, 9.17) is 19.9 Å². The van der Waals surface area contributed by atoms with Gasteiger partial charge in [0.15, 0.2) is 0 Å². The number of ether oxygens (including phenoxy) is 3. The highest BCUT2D eigenvalue weighted by Gasteiger charge is 2.31. The van der Waals surface area contributed by atoms with E-state index in [1.807, 2.05) is 67.6 Å². The molecule has 6 heteroatoms. The Morgan fingerprint density at radius 3 is 2.63 bits per heavy atom. The summed E-state index contributed by atoms with van der Waals surface area (Å²) in [6, 6.07) is 28.0. The first-order valence-corrected chi connectivity index (χ1v) is 11.2. The number of nitrogens with two attached hydrogens (primary N) is 1. The molecule has 4 aromatic rings. The first-order valence-electron chi connectivity index (χ1n) is 11.2. The van der Waals surface area contributed by atoms with E-state index >= 15 is 0 Å². The zero-order chi connectivity index (χ0) is 24.4. The highest BCUT2D eigenvalue weighted by molar-refractivity contribution is 6.05. The van der Waals surface area contributed by atoms with Crippen LogP contribution in [0.25, 0.3) is 10.8 Å². The lowest BCUT2D eigenvalue weighted by molar-refractivity contribution is 0.0736. The van der Waals surface area contributed by atoms with Gasteiger partial charge < -0.3 is 19.9 Å². The molecule has 35 heavy (non-hydrogen) atoms. The average molecular weight is 463 g/mol. The van der Waals surface area contributed by atoms with E-state index in [9.17, 15) is 10.1 Å². The van der Waals surface area contributed by atoms with Gasteiger partial charge in [0.05, 0.1) is 18.1 Å². The molecule has 1 atom stereocenters. The molecule has 5 rings (SSSR count). The topological polar surface area (TPSA) is 94.6 Å². The summed E-state index contributed by atoms with van der Waals surface area (Å²) in [7, 11) is 0. The molecule has 1 heterocycles. The van der Waals surface area contributed by atoms with Gasteiger partial charge in [-0.15, -0.1) is 0 Å². The molecular formula is C29H22N2O4. The van der Waals surface area contributed by atoms with Crippen LogP contribution in [0.5, 0.6) is 17.2 Å². The van der Waals surface area contributed by atoms with Crippen molar-refractivity contribution in [2.24, 2.45) is 5.73 Å². The minimum atomic E-state index is -0.472. The van der Waals surface area contributed by atoms with Gasteiger partial charge in [-0.05, 0) is 47.5 Å². The summed E-state index contributed by atoms with van der Waals surface area (Å²) in [5, 5.41) is 11.6. The maximum Gasteiger partial charge on any atom is 0.344 e. The standard InChI is InChI=1S/C29H22N2O4/c1-2-33-20-10-5-9-19(15-20)27-24-14-13-21(16-26(24)35-28(31)25(27)17-30)34-29(32)23-12-6-8-18-7-3-4-11-22(18)23/h3-16,27H,2,31H2,1H3. The Kier molecular flexibility index (Phi) is 5.82. The van der Waals surface area contributed by atoms with E-state index in [0.29, 0.717) is 35.0 Å². The van der Waals surface area contributed by atoms with Crippen molar-refractivity contribution in [1.82, 2.24) is 0 Å². The van der Waals surface area contributed by atoms with Crippen LogP contribution in [0, 0.1) is 11.3 Å². The summed E-state index contributed by atoms with van der Waals surface area (Å²) in [4.78, 5) is 13.0. The highest BCUT2D eigenvalue weighted by atomic mass is 16.5. The third-order valence-electron chi connectivity index (χ3n) is 5.91. The number of benzene rings is 4. The van der Waals surface area contributed by atoms with Crippen LogP contribution in [0.2, 0.25) is 0 Å². The third-order valence-corrected chi connectivity index (χ3v) is 5.91. The lowest BCUT2D eigenvalue weighted by Gasteiger charge is -2.27. The van der Waals surface area contributed by atoms with E-state index in [1.165, 1.54) is 0 Å². The number of nitriles is 1. The smallest absolute Gasteiger partial charge is 0.344 e. The molecule has 0 amide bonds. The number of hydrogen-bond donors (Lipinski definition) is 1. The van der Waals surface area contributed by atoms with Crippen molar-refractivity contribution in [3.8, 4) is 23.3 Å². The van der Waals surface area contributed by atoms with Gasteiger partial charge in [0.1, 0.15) is 28.9 Å². The van der Waals surface area contributed by atoms with Crippen LogP contribution in [0.4, 0.5) is 0 Å². The van der Waals surface area contributed by atoms with Crippen molar-refractivity contribution in [3.05, 3.63) is 113 Å². The molecule has 0 aliphatic carbocycles. The first kappa shape index (κ1) is 22.1. The molecule has 1 unspecified atom stereocenters. The van der Waals surface area contributed by atoms with Crippen molar-refractivity contribution in [2.45, 2.75) is 12.8 Å². The normalized spacial score (nSPS) is 14.6. The van der Waals surface area contributed by atoms with Crippen molar-refractivity contribution in [1.29, 1.82) is 5.26 Å². The predicted octanol–water partition coefficient (Wildman–Crippen LogP) is 5.68. The van der Waals surface area contributed by atoms with E-state index in [1.54, 1.807) is 24.3 Å². The van der Waals surface area contributed by atoms with E-state index in [0.717, 1.165) is 21.9 Å². The summed E-state index contributed by atoms with van der Waals surface area (Å²) in [5.74, 6) is 0.554. The lowest BCUT2D eigenvalue weighted by atomic mass is 9.83. The van der Waals surface area contributed by atoms with Gasteiger partial charge in [0.25, 0.3) is 0 Å². The van der Waals surface area contributed by atoms with Crippen LogP contribution in [-0.4, -0.2) is 12.6 Å². The number of nitrogens with zero attached hydrogens (tertiary/aromatic N) is 1. The second-order valence-electron chi connectivity index (χ2n) is 8.05. The van der Waals surface area contributed by atoms with Crippen LogP contribution < -0.4 is 19.9 Å². The Balaban J connectivity index is 1.50. The minimum Gasteiger partial charge on any atom is -0.494 e. The molecule has 0 radical (unpaired) electrons. The Hall–Kier alpha value is -4.76. The second kappa shape index (κ2) is 9.24. The molecule has 1 aliphatic rings. The summed E-state index contributed by atoms with van der Waals surface area (Å²) in [6.45, 7) is 2.44. The van der Waals surface area contributed by atoms with Crippen molar-refractivity contribution >= 4 is 16.7 Å². The summed E-state index contributed by atoms with van der Waals surface area (Å²) < 4.78 is 17.1. The van der Waals surface area contributed by atoms with Crippen molar-refractivity contribution in [2.75, 3.05) is 6.61 Å². The van der Waals surface area contributed by atoms with Crippen LogP contribution in [-0.2, 0) is 0 Å². The van der Waals surface area contributed by atoms with Gasteiger partial charge >= 0.3 is 5.97 Å². The van der Waals surface area contributed by atoms with Gasteiger partial charge in [-0.25, -0.2) is 4.79 Å². The third kappa shape index (κ3) is 4.16. The molecule has 0 saturated carbocycles. The molecule has 172 valence electrons. The number of allylic oxidation sites excluding steroid dienone is 1. The fraction of sp³-hybridized carbons (Fsp3) is 0.103. The molecule has 0 bridgehead atoms. The number of hydrogen-bond acceptors (Lipinski definition) is 6. The Morgan fingerprint density at radius 1 is 1.00 bits per heavy atom. The molecule has 0 saturated heterocycles. The zero-order valence-corrected chi connectivity index (χ0v) is 19.0. The van der Waals surface area contributed by atoms with Crippen molar-refractivity contribution < 1.29 is 19.0 Å². The Morgan fingerprint density at radius 2 is 1.80 bits per heavy atom. The second-order valence-corrected chi connectivity index (χ2v) is 8.05. The molecule has 1 aliphatic heterocycles. The first-order chi connectivity index (χ1) is 17.1. The van der Waals surface area contributed by atoms with Gasteiger partial charge in [0.2, 0.25) is 5.88 Å². The number of esters is 1. The fourth-order valence-corrected chi connectivity index (χ4v) is 4.36. The Bertz CT molecular complexity index is 1510. The van der Waals surface area contributed by atoms with E-state index < -0.39 is 11.9 Å². The number of carbonyl (C=O) groups is 1. The van der Waals surface area contributed by atoms with E-state index in [2.05, 4.69) is 6.07 Å². The van der Waals surface area contributed by atoms with Crippen LogP contribution in [0.3, 0.4) is 0 Å². The number of fused-ring (bicyclic) bond motifs is 2. The minimum absolute atomic E-state index is 0.0179. The van der Waals surface area contributed by atoms with Gasteiger partial charge in [-0.2, -0.15) is 5.26 Å². The average Bonchev–Trinajstić information content (AvgIpc) is 2.87. The molecule has 0 fully saturated rings. The molecule has 4 aromatic carbocycles. The maximum absolute atomic E-state index is 13.0. The largest absolute Gasteiger partial charge is 0.494 e. The number of carbonyl (C=O) groups excluding carboxylic acids is 1. The predicted molar refractivity (Wildman–Crippen MR) is 132 cm³/mol. The monoisotopic (exact) mass is 462 g/mol.